The van der Waals surface area contributed by atoms with E-state index in [9.17, 15) is 9.59 Å². The number of rotatable bonds is 7. The standard InChI is InChI=1S/C26H30Cl2N6O2S2/c27-19-9-22(38-14-19)23(26(37)34-11-17-2-1-5-29-21(17)12-34)31-15-32-25(36)18-8-20(28)24(30-10-18)33-6-3-16(13-35)4-7-33/h8-10,13-17,21,29,37H,1-7,11-12H2,(H,31,32,36)/b26-23-. The van der Waals surface area contributed by atoms with E-state index >= 15 is 0 Å². The molecule has 5 rings (SSSR count). The lowest BCUT2D eigenvalue weighted by molar-refractivity contribution is -0.111. The zero-order valence-corrected chi connectivity index (χ0v) is 24.0. The van der Waals surface area contributed by atoms with Crippen LogP contribution in [0.5, 0.6) is 0 Å². The Morgan fingerprint density at radius 2 is 2.05 bits per heavy atom. The highest BCUT2D eigenvalue weighted by molar-refractivity contribution is 7.84. The number of piperidine rings is 2. The minimum atomic E-state index is -0.366. The second kappa shape index (κ2) is 12.4. The number of carbonyl (C=O) groups excluding carboxylic acids is 2. The smallest absolute Gasteiger partial charge is 0.257 e. The Bertz CT molecular complexity index is 1230. The number of thiophene rings is 1. The first kappa shape index (κ1) is 27.5. The van der Waals surface area contributed by atoms with E-state index in [0.717, 1.165) is 48.7 Å². The predicted octanol–water partition coefficient (Wildman–Crippen LogP) is 4.56. The van der Waals surface area contributed by atoms with Crippen LogP contribution in [0, 0.1) is 11.8 Å². The van der Waals surface area contributed by atoms with Crippen molar-refractivity contribution in [1.82, 2.24) is 20.5 Å². The van der Waals surface area contributed by atoms with E-state index in [0.29, 0.717) is 52.2 Å². The molecule has 0 aliphatic carbocycles. The van der Waals surface area contributed by atoms with Gasteiger partial charge in [0.05, 0.1) is 31.9 Å². The van der Waals surface area contributed by atoms with E-state index in [1.165, 1.54) is 36.7 Å². The molecule has 2 aromatic heterocycles. The van der Waals surface area contributed by atoms with Crippen molar-refractivity contribution >= 4 is 77.2 Å². The first-order valence-corrected chi connectivity index (χ1v) is 14.9. The number of pyridine rings is 1. The van der Waals surface area contributed by atoms with Gasteiger partial charge in [0.25, 0.3) is 5.91 Å². The van der Waals surface area contributed by atoms with Gasteiger partial charge < -0.3 is 25.2 Å². The summed E-state index contributed by atoms with van der Waals surface area (Å²) in [6.45, 7) is 4.26. The van der Waals surface area contributed by atoms with Gasteiger partial charge in [-0.3, -0.25) is 4.79 Å². The van der Waals surface area contributed by atoms with Crippen LogP contribution in [-0.2, 0) is 4.79 Å². The van der Waals surface area contributed by atoms with Crippen LogP contribution in [0.25, 0.3) is 5.70 Å². The number of nitrogens with zero attached hydrogens (tertiary/aromatic N) is 4. The zero-order chi connectivity index (χ0) is 26.6. The van der Waals surface area contributed by atoms with Gasteiger partial charge in [0.15, 0.2) is 0 Å². The summed E-state index contributed by atoms with van der Waals surface area (Å²) in [7, 11) is 0. The SMILES string of the molecule is O=CC1CCN(c2ncc(C(=O)N/C=N/C(=C(\S)N3CC4CCCNC4C3)c3cc(Cl)cs3)cc2Cl)CC1. The molecule has 3 aliphatic heterocycles. The molecular formula is C26H30Cl2N6O2S2. The zero-order valence-electron chi connectivity index (χ0n) is 20.8. The average molecular weight is 594 g/mol. The number of hydrogen-bond acceptors (Lipinski definition) is 9. The van der Waals surface area contributed by atoms with Crippen LogP contribution in [0.1, 0.15) is 40.9 Å². The molecule has 3 saturated heterocycles. The molecular weight excluding hydrogens is 563 g/mol. The summed E-state index contributed by atoms with van der Waals surface area (Å²) in [6, 6.07) is 3.93. The summed E-state index contributed by atoms with van der Waals surface area (Å²) in [5.74, 6) is 0.943. The maximum Gasteiger partial charge on any atom is 0.257 e. The molecule has 0 saturated carbocycles. The van der Waals surface area contributed by atoms with Crippen LogP contribution in [0.4, 0.5) is 5.82 Å². The second-order valence-electron chi connectivity index (χ2n) is 9.89. The third kappa shape index (κ3) is 6.20. The fourth-order valence-electron chi connectivity index (χ4n) is 5.31. The van der Waals surface area contributed by atoms with Crippen molar-refractivity contribution in [2.24, 2.45) is 16.8 Å². The Morgan fingerprint density at radius 1 is 1.24 bits per heavy atom. The minimum absolute atomic E-state index is 0.0857. The van der Waals surface area contributed by atoms with Crippen molar-refractivity contribution in [3.8, 4) is 0 Å². The summed E-state index contributed by atoms with van der Waals surface area (Å²) >= 11 is 19.0. The van der Waals surface area contributed by atoms with Crippen LogP contribution in [0.3, 0.4) is 0 Å². The highest BCUT2D eigenvalue weighted by atomic mass is 35.5. The Morgan fingerprint density at radius 3 is 2.74 bits per heavy atom. The molecule has 2 unspecified atom stereocenters. The monoisotopic (exact) mass is 592 g/mol. The number of amides is 1. The van der Waals surface area contributed by atoms with Crippen LogP contribution >= 0.6 is 47.2 Å². The number of thiol groups is 1. The van der Waals surface area contributed by atoms with Crippen LogP contribution < -0.4 is 15.5 Å². The number of fused-ring (bicyclic) bond motifs is 1. The molecule has 0 radical (unpaired) electrons. The fourth-order valence-corrected chi connectivity index (χ4v) is 7.09. The molecule has 1 amide bonds. The number of aliphatic imine (C=N–C) groups is 1. The van der Waals surface area contributed by atoms with Crippen LogP contribution in [0.2, 0.25) is 10.0 Å². The van der Waals surface area contributed by atoms with Crippen molar-refractivity contribution in [2.45, 2.75) is 31.7 Å². The first-order chi connectivity index (χ1) is 18.4. The van der Waals surface area contributed by atoms with Gasteiger partial charge in [-0.15, -0.1) is 24.0 Å². The topological polar surface area (TPSA) is 89.9 Å². The number of hydrogen-bond donors (Lipinski definition) is 3. The number of halogens is 2. The third-order valence-electron chi connectivity index (χ3n) is 7.42. The molecule has 38 heavy (non-hydrogen) atoms. The lowest BCUT2D eigenvalue weighted by Gasteiger charge is -2.31. The lowest BCUT2D eigenvalue weighted by atomic mass is 9.94. The van der Waals surface area contributed by atoms with Crippen molar-refractivity contribution in [1.29, 1.82) is 0 Å². The molecule has 3 fully saturated rings. The van der Waals surface area contributed by atoms with Crippen LogP contribution in [-0.4, -0.2) is 67.2 Å². The van der Waals surface area contributed by atoms with Gasteiger partial charge in [0, 0.05) is 49.7 Å². The Balaban J connectivity index is 1.28. The van der Waals surface area contributed by atoms with Crippen molar-refractivity contribution < 1.29 is 9.59 Å². The quantitative estimate of drug-likeness (QED) is 0.189. The van der Waals surface area contributed by atoms with E-state index in [2.05, 4.69) is 25.5 Å². The Labute approximate surface area is 241 Å². The normalized spacial score (nSPS) is 22.9. The first-order valence-electron chi connectivity index (χ1n) is 12.8. The van der Waals surface area contributed by atoms with E-state index in [1.54, 1.807) is 6.07 Å². The van der Waals surface area contributed by atoms with Gasteiger partial charge in [-0.2, -0.15) is 0 Å². The van der Waals surface area contributed by atoms with Crippen LogP contribution in [0.15, 0.2) is 33.7 Å². The molecule has 202 valence electrons. The number of aldehydes is 1. The largest absolute Gasteiger partial charge is 0.363 e. The second-order valence-corrected chi connectivity index (χ2v) is 12.1. The average Bonchev–Trinajstić information content (AvgIpc) is 3.57. The molecule has 12 heteroatoms. The fraction of sp³-hybridized carbons (Fsp3) is 0.462. The Kier molecular flexibility index (Phi) is 8.95. The molecule has 5 heterocycles. The summed E-state index contributed by atoms with van der Waals surface area (Å²) in [5.41, 5.74) is 0.993. The van der Waals surface area contributed by atoms with Gasteiger partial charge in [-0.25, -0.2) is 9.98 Å². The van der Waals surface area contributed by atoms with Crippen molar-refractivity contribution in [2.75, 3.05) is 37.6 Å². The van der Waals surface area contributed by atoms with Gasteiger partial charge in [-0.1, -0.05) is 23.2 Å². The minimum Gasteiger partial charge on any atom is -0.363 e. The van der Waals surface area contributed by atoms with Gasteiger partial charge >= 0.3 is 0 Å². The van der Waals surface area contributed by atoms with E-state index in [4.69, 9.17) is 35.8 Å². The lowest BCUT2D eigenvalue weighted by Crippen LogP contribution is -2.40. The van der Waals surface area contributed by atoms with Crippen molar-refractivity contribution in [3.05, 3.63) is 49.2 Å². The maximum atomic E-state index is 12.9. The highest BCUT2D eigenvalue weighted by Gasteiger charge is 2.35. The van der Waals surface area contributed by atoms with Gasteiger partial charge in [0.1, 0.15) is 17.8 Å². The van der Waals surface area contributed by atoms with E-state index < -0.39 is 0 Å². The predicted molar refractivity (Wildman–Crippen MR) is 158 cm³/mol. The highest BCUT2D eigenvalue weighted by Crippen LogP contribution is 2.35. The summed E-state index contributed by atoms with van der Waals surface area (Å²) in [5, 5.41) is 9.99. The van der Waals surface area contributed by atoms with Gasteiger partial charge in [-0.05, 0) is 50.3 Å². The number of aromatic nitrogens is 1. The van der Waals surface area contributed by atoms with Gasteiger partial charge in [0.2, 0.25) is 0 Å². The molecule has 2 N–H and O–H groups in total. The Hall–Kier alpha value is -2.11. The third-order valence-corrected chi connectivity index (χ3v) is 9.47. The molecule has 8 nitrogen and oxygen atoms in total. The molecule has 3 aliphatic rings. The number of likely N-dealkylation sites (tertiary alicyclic amines) is 1. The summed E-state index contributed by atoms with van der Waals surface area (Å²) < 4.78 is 0. The van der Waals surface area contributed by atoms with E-state index in [-0.39, 0.29) is 11.8 Å². The summed E-state index contributed by atoms with van der Waals surface area (Å²) in [6.07, 6.45) is 7.85. The molecule has 0 spiro atoms. The molecule has 2 aromatic rings. The van der Waals surface area contributed by atoms with Crippen molar-refractivity contribution in [3.63, 3.8) is 0 Å². The van der Waals surface area contributed by atoms with E-state index in [1.807, 2.05) is 16.3 Å². The molecule has 2 atom stereocenters. The maximum absolute atomic E-state index is 12.9. The summed E-state index contributed by atoms with van der Waals surface area (Å²) in [4.78, 5) is 38.1. The number of nitrogens with one attached hydrogen (secondary N) is 2. The molecule has 0 bridgehead atoms. The number of carbonyl (C=O) groups is 2. The number of anilines is 1. The molecule has 0 aromatic carbocycles.